The number of nitrogens with zero attached hydrogens (tertiary/aromatic N) is 2. The minimum Gasteiger partial charge on any atom is -0.454 e. The van der Waals surface area contributed by atoms with Gasteiger partial charge >= 0.3 is 0 Å². The zero-order valence-electron chi connectivity index (χ0n) is 13.7. The third kappa shape index (κ3) is 3.91. The molecule has 10 heteroatoms. The Morgan fingerprint density at radius 1 is 1.19 bits per heavy atom. The highest BCUT2D eigenvalue weighted by atomic mass is 32.2. The minimum absolute atomic E-state index is 0.00417. The van der Waals surface area contributed by atoms with Crippen molar-refractivity contribution in [2.45, 2.75) is 23.6 Å². The van der Waals surface area contributed by atoms with Crippen molar-refractivity contribution in [3.05, 3.63) is 18.2 Å². The van der Waals surface area contributed by atoms with Crippen molar-refractivity contribution in [2.75, 3.05) is 23.2 Å². The van der Waals surface area contributed by atoms with Crippen molar-refractivity contribution in [3.8, 4) is 11.5 Å². The molecule has 1 aromatic carbocycles. The average Bonchev–Trinajstić information content (AvgIpc) is 3.19. The van der Waals surface area contributed by atoms with Gasteiger partial charge in [-0.15, -0.1) is 10.2 Å². The van der Waals surface area contributed by atoms with Gasteiger partial charge in [-0.25, -0.2) is 0 Å². The number of fused-ring (bicyclic) bond motifs is 1. The van der Waals surface area contributed by atoms with E-state index < -0.39 is 0 Å². The van der Waals surface area contributed by atoms with Gasteiger partial charge in [-0.2, -0.15) is 0 Å². The van der Waals surface area contributed by atoms with Crippen LogP contribution in [-0.4, -0.2) is 34.6 Å². The standard InChI is InChI=1S/C16H16N4O4S2/c21-13(17-10-4-5-11-12(6-10)24-8-23-11)7-25-16-20-19-15(26-16)18-14(22)9-2-1-3-9/h4-6,9H,1-3,7-8H2,(H,17,21)(H,18,19,22). The first-order valence-electron chi connectivity index (χ1n) is 8.14. The van der Waals surface area contributed by atoms with Gasteiger partial charge in [0.25, 0.3) is 0 Å². The molecule has 26 heavy (non-hydrogen) atoms. The first-order valence-corrected chi connectivity index (χ1v) is 9.94. The normalized spacial score (nSPS) is 15.4. The number of nitrogens with one attached hydrogen (secondary N) is 2. The number of carbonyl (C=O) groups excluding carboxylic acids is 2. The molecule has 1 aliphatic carbocycles. The summed E-state index contributed by atoms with van der Waals surface area (Å²) in [5.74, 6) is 1.42. The SMILES string of the molecule is O=C(CSc1nnc(NC(=O)C2CCC2)s1)Nc1ccc2c(c1)OCO2. The van der Waals surface area contributed by atoms with E-state index in [1.807, 2.05) is 0 Å². The van der Waals surface area contributed by atoms with Crippen LogP contribution in [0.2, 0.25) is 0 Å². The van der Waals surface area contributed by atoms with E-state index in [4.69, 9.17) is 9.47 Å². The van der Waals surface area contributed by atoms with E-state index in [0.717, 1.165) is 19.3 Å². The third-order valence-electron chi connectivity index (χ3n) is 4.10. The Hall–Kier alpha value is -2.33. The second-order valence-corrected chi connectivity index (χ2v) is 8.10. The zero-order chi connectivity index (χ0) is 17.9. The largest absolute Gasteiger partial charge is 0.454 e. The molecule has 2 aliphatic rings. The van der Waals surface area contributed by atoms with E-state index in [-0.39, 0.29) is 30.3 Å². The van der Waals surface area contributed by atoms with Crippen molar-refractivity contribution < 1.29 is 19.1 Å². The highest BCUT2D eigenvalue weighted by Gasteiger charge is 2.26. The summed E-state index contributed by atoms with van der Waals surface area (Å²) in [6.07, 6.45) is 2.98. The molecule has 136 valence electrons. The van der Waals surface area contributed by atoms with Crippen LogP contribution in [0.3, 0.4) is 0 Å². The molecular weight excluding hydrogens is 376 g/mol. The molecule has 0 radical (unpaired) electrons. The van der Waals surface area contributed by atoms with Gasteiger partial charge in [0.15, 0.2) is 15.8 Å². The summed E-state index contributed by atoms with van der Waals surface area (Å²) in [6.45, 7) is 0.194. The summed E-state index contributed by atoms with van der Waals surface area (Å²) < 4.78 is 11.2. The number of benzene rings is 1. The lowest BCUT2D eigenvalue weighted by Crippen LogP contribution is -2.27. The van der Waals surface area contributed by atoms with Crippen LogP contribution in [0.4, 0.5) is 10.8 Å². The molecule has 2 amide bonds. The van der Waals surface area contributed by atoms with E-state index in [9.17, 15) is 9.59 Å². The number of aromatic nitrogens is 2. The van der Waals surface area contributed by atoms with Crippen molar-refractivity contribution in [1.82, 2.24) is 10.2 Å². The monoisotopic (exact) mass is 392 g/mol. The number of hydrogen-bond acceptors (Lipinski definition) is 8. The number of anilines is 2. The summed E-state index contributed by atoms with van der Waals surface area (Å²) in [5.41, 5.74) is 0.644. The van der Waals surface area contributed by atoms with Crippen molar-refractivity contribution in [1.29, 1.82) is 0 Å². The number of rotatable bonds is 6. The van der Waals surface area contributed by atoms with Crippen LogP contribution in [0.25, 0.3) is 0 Å². The summed E-state index contributed by atoms with van der Waals surface area (Å²) in [5, 5.41) is 14.0. The van der Waals surface area contributed by atoms with Gasteiger partial charge in [0.1, 0.15) is 0 Å². The molecule has 8 nitrogen and oxygen atoms in total. The number of amides is 2. The molecule has 2 heterocycles. The van der Waals surface area contributed by atoms with Crippen LogP contribution in [0, 0.1) is 5.92 Å². The molecular formula is C16H16N4O4S2. The molecule has 1 saturated carbocycles. The second-order valence-electron chi connectivity index (χ2n) is 5.90. The Bertz CT molecular complexity index is 837. The molecule has 1 fully saturated rings. The van der Waals surface area contributed by atoms with Gasteiger partial charge in [-0.05, 0) is 25.0 Å². The Morgan fingerprint density at radius 3 is 2.85 bits per heavy atom. The Morgan fingerprint density at radius 2 is 2.04 bits per heavy atom. The topological polar surface area (TPSA) is 102 Å². The Kier molecular flexibility index (Phi) is 4.93. The molecule has 0 spiro atoms. The smallest absolute Gasteiger partial charge is 0.234 e. The molecule has 1 aromatic heterocycles. The summed E-state index contributed by atoms with van der Waals surface area (Å²) in [6, 6.07) is 5.24. The van der Waals surface area contributed by atoms with Gasteiger partial charge in [0, 0.05) is 17.7 Å². The lowest BCUT2D eigenvalue weighted by molar-refractivity contribution is -0.122. The van der Waals surface area contributed by atoms with Gasteiger partial charge in [-0.3, -0.25) is 9.59 Å². The van der Waals surface area contributed by atoms with E-state index in [0.29, 0.717) is 26.7 Å². The van der Waals surface area contributed by atoms with Crippen molar-refractivity contribution >= 4 is 45.7 Å². The Balaban J connectivity index is 1.26. The molecule has 2 aromatic rings. The third-order valence-corrected chi connectivity index (χ3v) is 6.07. The highest BCUT2D eigenvalue weighted by Crippen LogP contribution is 2.34. The van der Waals surface area contributed by atoms with Crippen LogP contribution < -0.4 is 20.1 Å². The highest BCUT2D eigenvalue weighted by molar-refractivity contribution is 8.01. The van der Waals surface area contributed by atoms with Crippen LogP contribution in [0.15, 0.2) is 22.5 Å². The van der Waals surface area contributed by atoms with Crippen LogP contribution in [0.1, 0.15) is 19.3 Å². The van der Waals surface area contributed by atoms with Crippen molar-refractivity contribution in [2.24, 2.45) is 5.92 Å². The summed E-state index contributed by atoms with van der Waals surface area (Å²) in [4.78, 5) is 24.0. The second kappa shape index (κ2) is 7.50. The van der Waals surface area contributed by atoms with E-state index >= 15 is 0 Å². The maximum atomic E-state index is 12.1. The first kappa shape index (κ1) is 17.1. The molecule has 0 unspecified atom stereocenters. The Labute approximate surface area is 157 Å². The predicted octanol–water partition coefficient (Wildman–Crippen LogP) is 2.74. The fraction of sp³-hybridized carbons (Fsp3) is 0.375. The number of carbonyl (C=O) groups is 2. The van der Waals surface area contributed by atoms with Crippen molar-refractivity contribution in [3.63, 3.8) is 0 Å². The van der Waals surface area contributed by atoms with E-state index in [2.05, 4.69) is 20.8 Å². The van der Waals surface area contributed by atoms with Gasteiger partial charge < -0.3 is 20.1 Å². The van der Waals surface area contributed by atoms with Crippen LogP contribution >= 0.6 is 23.1 Å². The lowest BCUT2D eigenvalue weighted by atomic mass is 9.85. The summed E-state index contributed by atoms with van der Waals surface area (Å²) in [7, 11) is 0. The number of hydrogen-bond donors (Lipinski definition) is 2. The first-order chi connectivity index (χ1) is 12.7. The summed E-state index contributed by atoms with van der Waals surface area (Å²) >= 11 is 2.54. The maximum absolute atomic E-state index is 12.1. The molecule has 0 saturated heterocycles. The van der Waals surface area contributed by atoms with Crippen LogP contribution in [-0.2, 0) is 9.59 Å². The fourth-order valence-electron chi connectivity index (χ4n) is 2.50. The molecule has 1 aliphatic heterocycles. The average molecular weight is 392 g/mol. The zero-order valence-corrected chi connectivity index (χ0v) is 15.3. The molecule has 0 bridgehead atoms. The minimum atomic E-state index is -0.163. The van der Waals surface area contributed by atoms with Gasteiger partial charge in [-0.1, -0.05) is 29.5 Å². The van der Waals surface area contributed by atoms with Crippen LogP contribution in [0.5, 0.6) is 11.5 Å². The molecule has 2 N–H and O–H groups in total. The maximum Gasteiger partial charge on any atom is 0.234 e. The van der Waals surface area contributed by atoms with Gasteiger partial charge in [0.05, 0.1) is 5.75 Å². The number of thioether (sulfide) groups is 1. The molecule has 0 atom stereocenters. The number of ether oxygens (including phenoxy) is 2. The predicted molar refractivity (Wildman–Crippen MR) is 97.8 cm³/mol. The van der Waals surface area contributed by atoms with E-state index in [1.165, 1.54) is 23.1 Å². The quantitative estimate of drug-likeness (QED) is 0.575. The van der Waals surface area contributed by atoms with Gasteiger partial charge in [0.2, 0.25) is 23.7 Å². The molecule has 4 rings (SSSR count). The lowest BCUT2D eigenvalue weighted by Gasteiger charge is -2.23. The fourth-order valence-corrected chi connectivity index (χ4v) is 4.05. The van der Waals surface area contributed by atoms with E-state index in [1.54, 1.807) is 18.2 Å².